The zero-order valence-electron chi connectivity index (χ0n) is 14.6. The van der Waals surface area contributed by atoms with Crippen LogP contribution < -0.4 is 0 Å². The lowest BCUT2D eigenvalue weighted by atomic mass is 10.1. The van der Waals surface area contributed by atoms with Gasteiger partial charge >= 0.3 is 0 Å². The fourth-order valence-electron chi connectivity index (χ4n) is 3.33. The van der Waals surface area contributed by atoms with E-state index in [1.807, 2.05) is 29.2 Å². The molecule has 3 aromatic rings. The topological polar surface area (TPSA) is 49.8 Å². The molecule has 5 nitrogen and oxygen atoms in total. The van der Waals surface area contributed by atoms with Crippen molar-refractivity contribution in [1.82, 2.24) is 9.80 Å². The molecule has 0 bridgehead atoms. The van der Waals surface area contributed by atoms with Crippen molar-refractivity contribution in [2.24, 2.45) is 0 Å². The second-order valence-corrected chi connectivity index (χ2v) is 7.55. The van der Waals surface area contributed by atoms with E-state index in [-0.39, 0.29) is 5.91 Å². The number of carbonyl (C=O) groups is 1. The summed E-state index contributed by atoms with van der Waals surface area (Å²) in [4.78, 5) is 18.3. The first kappa shape index (κ1) is 17.1. The highest BCUT2D eigenvalue weighted by molar-refractivity contribution is 7.10. The summed E-state index contributed by atoms with van der Waals surface area (Å²) in [7, 11) is 0. The Morgan fingerprint density at radius 2 is 1.85 bits per heavy atom. The third-order valence-corrected chi connectivity index (χ3v) is 5.74. The van der Waals surface area contributed by atoms with E-state index < -0.39 is 0 Å². The van der Waals surface area contributed by atoms with Gasteiger partial charge in [0, 0.05) is 30.9 Å². The fourth-order valence-corrected chi connectivity index (χ4v) is 4.22. The summed E-state index contributed by atoms with van der Waals surface area (Å²) in [5.41, 5.74) is 1.30. The van der Waals surface area contributed by atoms with Crippen LogP contribution in [0, 0.1) is 0 Å². The minimum absolute atomic E-state index is 0.214. The molecule has 0 atom stereocenters. The van der Waals surface area contributed by atoms with Gasteiger partial charge in [-0.25, -0.2) is 0 Å². The smallest absolute Gasteiger partial charge is 0.224 e. The minimum atomic E-state index is 0.214. The monoisotopic (exact) mass is 370 g/mol. The molecule has 26 heavy (non-hydrogen) atoms. The van der Waals surface area contributed by atoms with Crippen molar-refractivity contribution in [3.63, 3.8) is 0 Å². The summed E-state index contributed by atoms with van der Waals surface area (Å²) < 4.78 is 10.9. The zero-order chi connectivity index (χ0) is 17.8. The molecule has 4 heterocycles. The summed E-state index contributed by atoms with van der Waals surface area (Å²) in [6.45, 7) is 3.56. The quantitative estimate of drug-likeness (QED) is 0.633. The molecule has 0 saturated heterocycles. The van der Waals surface area contributed by atoms with Gasteiger partial charge in [0.25, 0.3) is 0 Å². The molecule has 1 aliphatic rings. The Balaban J connectivity index is 1.35. The molecule has 3 aromatic heterocycles. The van der Waals surface area contributed by atoms with Gasteiger partial charge in [-0.3, -0.25) is 9.69 Å². The molecule has 0 unspecified atom stereocenters. The third-order valence-electron chi connectivity index (χ3n) is 4.72. The van der Waals surface area contributed by atoms with Gasteiger partial charge in [0.05, 0.1) is 25.6 Å². The van der Waals surface area contributed by atoms with Gasteiger partial charge in [0.15, 0.2) is 0 Å². The number of thiophene rings is 1. The van der Waals surface area contributed by atoms with E-state index in [4.69, 9.17) is 8.83 Å². The standard InChI is InChI=1S/C20H22N2O3S/c23-20(22-9-5-19-16(13-22)7-12-26-19)6-8-21(14-17-3-1-10-24-17)15-18-4-2-11-25-18/h1-4,7,10-12H,5-6,8-9,13-15H2. The van der Waals surface area contributed by atoms with Crippen molar-refractivity contribution in [3.8, 4) is 0 Å². The molecular formula is C20H22N2O3S. The summed E-state index contributed by atoms with van der Waals surface area (Å²) in [5.74, 6) is 2.00. The average Bonchev–Trinajstić information content (AvgIpc) is 3.41. The highest BCUT2D eigenvalue weighted by Gasteiger charge is 2.22. The van der Waals surface area contributed by atoms with E-state index in [0.717, 1.165) is 31.0 Å². The van der Waals surface area contributed by atoms with Crippen molar-refractivity contribution >= 4 is 17.2 Å². The number of carbonyl (C=O) groups excluding carboxylic acids is 1. The number of hydrogen-bond donors (Lipinski definition) is 0. The molecule has 6 heteroatoms. The second kappa shape index (κ2) is 7.93. The molecule has 0 aliphatic carbocycles. The van der Waals surface area contributed by atoms with E-state index in [0.29, 0.717) is 26.1 Å². The van der Waals surface area contributed by atoms with E-state index in [1.165, 1.54) is 10.4 Å². The predicted octanol–water partition coefficient (Wildman–Crippen LogP) is 3.91. The van der Waals surface area contributed by atoms with Crippen LogP contribution >= 0.6 is 11.3 Å². The van der Waals surface area contributed by atoms with Crippen LogP contribution in [0.1, 0.15) is 28.4 Å². The number of hydrogen-bond acceptors (Lipinski definition) is 5. The molecule has 0 saturated carbocycles. The van der Waals surface area contributed by atoms with Crippen LogP contribution in [0.5, 0.6) is 0 Å². The maximum atomic E-state index is 12.7. The van der Waals surface area contributed by atoms with E-state index in [9.17, 15) is 4.79 Å². The third kappa shape index (κ3) is 4.08. The Labute approximate surface area is 156 Å². The number of nitrogens with zero attached hydrogens (tertiary/aromatic N) is 2. The largest absolute Gasteiger partial charge is 0.468 e. The maximum absolute atomic E-state index is 12.7. The molecule has 4 rings (SSSR count). The van der Waals surface area contributed by atoms with Gasteiger partial charge < -0.3 is 13.7 Å². The molecule has 0 fully saturated rings. The van der Waals surface area contributed by atoms with Gasteiger partial charge in [-0.05, 0) is 47.7 Å². The normalized spacial score (nSPS) is 14.0. The summed E-state index contributed by atoms with van der Waals surface area (Å²) in [5, 5.41) is 2.12. The molecule has 0 N–H and O–H groups in total. The molecular weight excluding hydrogens is 348 g/mol. The van der Waals surface area contributed by atoms with Crippen LogP contribution in [0.25, 0.3) is 0 Å². The van der Waals surface area contributed by atoms with Crippen LogP contribution in [-0.2, 0) is 30.8 Å². The Morgan fingerprint density at radius 3 is 2.50 bits per heavy atom. The van der Waals surface area contributed by atoms with Crippen LogP contribution in [0.15, 0.2) is 57.1 Å². The van der Waals surface area contributed by atoms with Gasteiger partial charge in [0.2, 0.25) is 5.91 Å². The Hall–Kier alpha value is -2.31. The highest BCUT2D eigenvalue weighted by Crippen LogP contribution is 2.24. The van der Waals surface area contributed by atoms with E-state index >= 15 is 0 Å². The van der Waals surface area contributed by atoms with Crippen LogP contribution in [-0.4, -0.2) is 28.8 Å². The van der Waals surface area contributed by atoms with Crippen LogP contribution in [0.4, 0.5) is 0 Å². The van der Waals surface area contributed by atoms with Gasteiger partial charge in [-0.1, -0.05) is 0 Å². The Kier molecular flexibility index (Phi) is 5.22. The molecule has 1 aliphatic heterocycles. The van der Waals surface area contributed by atoms with Crippen molar-refractivity contribution in [2.45, 2.75) is 32.5 Å². The fraction of sp³-hybridized carbons (Fsp3) is 0.350. The van der Waals surface area contributed by atoms with Crippen LogP contribution in [0.3, 0.4) is 0 Å². The van der Waals surface area contributed by atoms with E-state index in [2.05, 4.69) is 16.3 Å². The first-order chi connectivity index (χ1) is 12.8. The number of amides is 1. The van der Waals surface area contributed by atoms with Gasteiger partial charge in [0.1, 0.15) is 11.5 Å². The zero-order valence-corrected chi connectivity index (χ0v) is 15.4. The number of furan rings is 2. The van der Waals surface area contributed by atoms with Gasteiger partial charge in [-0.15, -0.1) is 11.3 Å². The first-order valence-corrected chi connectivity index (χ1v) is 9.76. The van der Waals surface area contributed by atoms with Crippen molar-refractivity contribution in [3.05, 3.63) is 70.2 Å². The summed E-state index contributed by atoms with van der Waals surface area (Å²) >= 11 is 1.79. The average molecular weight is 370 g/mol. The SMILES string of the molecule is O=C(CCN(Cc1ccco1)Cc1ccco1)N1CCc2sccc2C1. The lowest BCUT2D eigenvalue weighted by Gasteiger charge is -2.28. The lowest BCUT2D eigenvalue weighted by Crippen LogP contribution is -2.37. The van der Waals surface area contributed by atoms with Crippen molar-refractivity contribution < 1.29 is 13.6 Å². The van der Waals surface area contributed by atoms with Crippen LogP contribution in [0.2, 0.25) is 0 Å². The molecule has 0 aromatic carbocycles. The van der Waals surface area contributed by atoms with E-state index in [1.54, 1.807) is 23.9 Å². The molecule has 1 amide bonds. The minimum Gasteiger partial charge on any atom is -0.468 e. The molecule has 0 spiro atoms. The van der Waals surface area contributed by atoms with Gasteiger partial charge in [-0.2, -0.15) is 0 Å². The second-order valence-electron chi connectivity index (χ2n) is 6.55. The van der Waals surface area contributed by atoms with Crippen molar-refractivity contribution in [1.29, 1.82) is 0 Å². The Bertz CT molecular complexity index is 787. The lowest BCUT2D eigenvalue weighted by molar-refractivity contribution is -0.132. The number of fused-ring (bicyclic) bond motifs is 1. The highest BCUT2D eigenvalue weighted by atomic mass is 32.1. The Morgan fingerprint density at radius 1 is 1.12 bits per heavy atom. The maximum Gasteiger partial charge on any atom is 0.224 e. The number of rotatable bonds is 7. The molecule has 136 valence electrons. The molecule has 0 radical (unpaired) electrons. The van der Waals surface area contributed by atoms with Crippen molar-refractivity contribution in [2.75, 3.05) is 13.1 Å². The predicted molar refractivity (Wildman–Crippen MR) is 99.6 cm³/mol. The first-order valence-electron chi connectivity index (χ1n) is 8.88. The summed E-state index contributed by atoms with van der Waals surface area (Å²) in [6.07, 6.45) is 4.83. The summed E-state index contributed by atoms with van der Waals surface area (Å²) in [6, 6.07) is 9.83.